The lowest BCUT2D eigenvalue weighted by molar-refractivity contribution is -0.133. The van der Waals surface area contributed by atoms with Crippen LogP contribution in [0.4, 0.5) is 5.69 Å². The molecule has 0 spiro atoms. The summed E-state index contributed by atoms with van der Waals surface area (Å²) in [6, 6.07) is 4.95. The molecule has 156 valence electrons. The van der Waals surface area contributed by atoms with E-state index < -0.39 is 11.9 Å². The zero-order chi connectivity index (χ0) is 22.1. The number of nitrogens with one attached hydrogen (secondary N) is 2. The first-order valence-corrected chi connectivity index (χ1v) is 9.26. The number of aromatic nitrogens is 4. The molecule has 2 heterocycles. The van der Waals surface area contributed by atoms with E-state index in [0.717, 1.165) is 5.69 Å². The number of amides is 1. The van der Waals surface area contributed by atoms with E-state index in [4.69, 9.17) is 16.3 Å². The molecule has 2 N–H and O–H groups in total. The zero-order valence-electron chi connectivity index (χ0n) is 17.1. The number of carbonyl (C=O) groups is 2. The van der Waals surface area contributed by atoms with Crippen molar-refractivity contribution in [2.75, 3.05) is 19.5 Å². The van der Waals surface area contributed by atoms with E-state index in [1.807, 2.05) is 20.8 Å². The highest BCUT2D eigenvalue weighted by atomic mass is 35.5. The molecule has 0 unspecified atom stereocenters. The van der Waals surface area contributed by atoms with Crippen molar-refractivity contribution in [2.24, 2.45) is 0 Å². The van der Waals surface area contributed by atoms with Crippen LogP contribution in [-0.4, -0.2) is 45.9 Å². The number of hydrogen-bond acceptors (Lipinski definition) is 6. The smallest absolute Gasteiger partial charge is 0.384 e. The molecule has 0 bridgehead atoms. The van der Waals surface area contributed by atoms with E-state index in [2.05, 4.69) is 37.1 Å². The molecular formula is C20H20ClN5O4. The van der Waals surface area contributed by atoms with Gasteiger partial charge in [0, 0.05) is 29.0 Å². The minimum absolute atomic E-state index is 0.187. The molecule has 0 saturated carbocycles. The molecule has 3 aromatic rings. The number of H-pyrrole nitrogens is 1. The Morgan fingerprint density at radius 1 is 1.23 bits per heavy atom. The highest BCUT2D eigenvalue weighted by Crippen LogP contribution is 2.34. The van der Waals surface area contributed by atoms with Gasteiger partial charge >= 0.3 is 11.9 Å². The van der Waals surface area contributed by atoms with E-state index >= 15 is 0 Å². The maximum Gasteiger partial charge on any atom is 0.384 e. The summed E-state index contributed by atoms with van der Waals surface area (Å²) in [6.07, 6.45) is 0. The summed E-state index contributed by atoms with van der Waals surface area (Å²) in [4.78, 5) is 27.4. The third-order valence-electron chi connectivity index (χ3n) is 4.15. The van der Waals surface area contributed by atoms with Gasteiger partial charge in [-0.1, -0.05) is 32.4 Å². The van der Waals surface area contributed by atoms with Crippen LogP contribution < -0.4 is 10.1 Å². The van der Waals surface area contributed by atoms with Gasteiger partial charge in [-0.15, -0.1) is 5.10 Å². The molecule has 0 radical (unpaired) electrons. The van der Waals surface area contributed by atoms with Gasteiger partial charge in [-0.2, -0.15) is 4.63 Å². The van der Waals surface area contributed by atoms with Gasteiger partial charge in [0.05, 0.1) is 25.5 Å². The van der Waals surface area contributed by atoms with Crippen LogP contribution in [0.2, 0.25) is 5.02 Å². The van der Waals surface area contributed by atoms with Gasteiger partial charge in [0.25, 0.3) is 0 Å². The predicted octanol–water partition coefficient (Wildman–Crippen LogP) is 2.80. The van der Waals surface area contributed by atoms with Crippen molar-refractivity contribution >= 4 is 34.8 Å². The van der Waals surface area contributed by atoms with Gasteiger partial charge in [-0.25, -0.2) is 9.78 Å². The molecule has 0 aliphatic rings. The first-order chi connectivity index (χ1) is 14.1. The van der Waals surface area contributed by atoms with Crippen LogP contribution in [0.5, 0.6) is 5.75 Å². The maximum absolute atomic E-state index is 11.8. The Labute approximate surface area is 177 Å². The van der Waals surface area contributed by atoms with E-state index in [-0.39, 0.29) is 5.41 Å². The van der Waals surface area contributed by atoms with Crippen LogP contribution in [0.15, 0.2) is 18.2 Å². The minimum atomic E-state index is -0.798. The number of benzene rings is 1. The number of nitrogens with zero attached hydrogens (tertiary/aromatic N) is 3. The highest BCUT2D eigenvalue weighted by molar-refractivity contribution is 6.34. The molecule has 0 fully saturated rings. The Bertz CT molecular complexity index is 1190. The average Bonchev–Trinajstić information content (AvgIpc) is 3.25. The fourth-order valence-electron chi connectivity index (χ4n) is 2.68. The number of carbonyl (C=O) groups excluding carboxylic acids is 2. The lowest BCUT2D eigenvalue weighted by Gasteiger charge is -2.16. The molecule has 0 saturated heterocycles. The van der Waals surface area contributed by atoms with Gasteiger partial charge < -0.3 is 14.8 Å². The van der Waals surface area contributed by atoms with Crippen LogP contribution in [0.3, 0.4) is 0 Å². The summed E-state index contributed by atoms with van der Waals surface area (Å²) < 4.78 is 11.3. The molecule has 10 heteroatoms. The van der Waals surface area contributed by atoms with Gasteiger partial charge in [0.2, 0.25) is 0 Å². The number of aromatic amines is 1. The molecule has 1 aromatic carbocycles. The number of ether oxygens (including phenoxy) is 2. The van der Waals surface area contributed by atoms with Crippen LogP contribution >= 0.6 is 11.6 Å². The normalized spacial score (nSPS) is 11.0. The molecule has 0 aliphatic carbocycles. The average molecular weight is 430 g/mol. The number of methoxy groups -OCH3 is 2. The quantitative estimate of drug-likeness (QED) is 0.376. The van der Waals surface area contributed by atoms with Crippen LogP contribution in [0, 0.1) is 11.8 Å². The second-order valence-corrected chi connectivity index (χ2v) is 7.71. The number of halogens is 1. The number of esters is 1. The molecule has 30 heavy (non-hydrogen) atoms. The van der Waals surface area contributed by atoms with Crippen molar-refractivity contribution in [1.82, 2.24) is 19.8 Å². The largest absolute Gasteiger partial charge is 0.496 e. The zero-order valence-corrected chi connectivity index (χ0v) is 17.8. The predicted molar refractivity (Wildman–Crippen MR) is 111 cm³/mol. The SMILES string of the molecule is COC(=O)C#CC(=O)Nc1ccc(-c2nc3c(Cl)c(C(C)(C)C)[nH]n3n2)c(OC)c1. The summed E-state index contributed by atoms with van der Waals surface area (Å²) in [5, 5.41) is 10.7. The monoisotopic (exact) mass is 429 g/mol. The van der Waals surface area contributed by atoms with Crippen LogP contribution in [-0.2, 0) is 19.7 Å². The first kappa shape index (κ1) is 21.2. The summed E-state index contributed by atoms with van der Waals surface area (Å²) in [5.41, 5.74) is 2.20. The number of anilines is 1. The van der Waals surface area contributed by atoms with Crippen molar-refractivity contribution in [3.63, 3.8) is 0 Å². The molecular weight excluding hydrogens is 410 g/mol. The number of rotatable bonds is 3. The Hall–Kier alpha value is -3.51. The van der Waals surface area contributed by atoms with E-state index in [1.54, 1.807) is 18.2 Å². The summed E-state index contributed by atoms with van der Waals surface area (Å²) in [6.45, 7) is 6.12. The number of hydrogen-bond donors (Lipinski definition) is 2. The Balaban J connectivity index is 1.90. The molecule has 0 atom stereocenters. The van der Waals surface area contributed by atoms with Gasteiger partial charge in [0.15, 0.2) is 11.5 Å². The highest BCUT2D eigenvalue weighted by Gasteiger charge is 2.25. The van der Waals surface area contributed by atoms with E-state index in [9.17, 15) is 9.59 Å². The maximum atomic E-state index is 11.8. The summed E-state index contributed by atoms with van der Waals surface area (Å²) in [7, 11) is 2.68. The van der Waals surface area contributed by atoms with E-state index in [1.165, 1.54) is 18.8 Å². The van der Waals surface area contributed by atoms with Gasteiger partial charge in [-0.05, 0) is 12.1 Å². The lowest BCUT2D eigenvalue weighted by atomic mass is 9.92. The minimum Gasteiger partial charge on any atom is -0.496 e. The second kappa shape index (κ2) is 8.08. The van der Waals surface area contributed by atoms with Crippen molar-refractivity contribution in [3.8, 4) is 29.0 Å². The summed E-state index contributed by atoms with van der Waals surface area (Å²) in [5.74, 6) is 3.58. The number of fused-ring (bicyclic) bond motifs is 1. The molecule has 1 amide bonds. The standard InChI is InChI=1S/C20H20ClN5O4/c1-20(2,3)17-16(21)19-23-18(25-26(19)24-17)12-7-6-11(10-13(12)29-4)22-14(27)8-9-15(28)30-5/h6-7,10,24H,1-5H3,(H,22,27). The fraction of sp³-hybridized carbons (Fsp3) is 0.300. The van der Waals surface area contributed by atoms with Crippen molar-refractivity contribution < 1.29 is 19.1 Å². The Kier molecular flexibility index (Phi) is 5.71. The molecule has 2 aromatic heterocycles. The fourth-order valence-corrected chi connectivity index (χ4v) is 3.13. The Morgan fingerprint density at radius 3 is 2.57 bits per heavy atom. The van der Waals surface area contributed by atoms with Crippen molar-refractivity contribution in [1.29, 1.82) is 0 Å². The molecule has 0 aliphatic heterocycles. The third kappa shape index (κ3) is 4.23. The van der Waals surface area contributed by atoms with Crippen molar-refractivity contribution in [2.45, 2.75) is 26.2 Å². The Morgan fingerprint density at radius 2 is 1.97 bits per heavy atom. The van der Waals surface area contributed by atoms with Crippen molar-refractivity contribution in [3.05, 3.63) is 28.9 Å². The van der Waals surface area contributed by atoms with Gasteiger partial charge in [0.1, 0.15) is 10.8 Å². The summed E-state index contributed by atoms with van der Waals surface area (Å²) >= 11 is 6.48. The molecule has 3 rings (SSSR count). The van der Waals surface area contributed by atoms with E-state index in [0.29, 0.717) is 33.5 Å². The molecule has 9 nitrogen and oxygen atoms in total. The second-order valence-electron chi connectivity index (χ2n) is 7.33. The lowest BCUT2D eigenvalue weighted by Crippen LogP contribution is -2.13. The third-order valence-corrected chi connectivity index (χ3v) is 4.51. The first-order valence-electron chi connectivity index (χ1n) is 8.88. The van der Waals surface area contributed by atoms with Gasteiger partial charge in [-0.3, -0.25) is 9.89 Å². The van der Waals surface area contributed by atoms with Crippen LogP contribution in [0.1, 0.15) is 26.5 Å². The topological polar surface area (TPSA) is 111 Å². The van der Waals surface area contributed by atoms with Crippen LogP contribution in [0.25, 0.3) is 17.0 Å².